The van der Waals surface area contributed by atoms with Crippen molar-refractivity contribution in [1.29, 1.82) is 0 Å². The van der Waals surface area contributed by atoms with Crippen molar-refractivity contribution >= 4 is 22.8 Å². The minimum Gasteiger partial charge on any atom is -0.378 e. The number of carbonyl (C=O) groups excluding carboxylic acids is 1. The molecule has 2 aromatic carbocycles. The van der Waals surface area contributed by atoms with E-state index in [-0.39, 0.29) is 11.8 Å². The maximum absolute atomic E-state index is 12.7. The number of fused-ring (bicyclic) bond motifs is 1. The number of hydrogen-bond donors (Lipinski definition) is 2. The van der Waals surface area contributed by atoms with Crippen molar-refractivity contribution in [2.24, 2.45) is 0 Å². The van der Waals surface area contributed by atoms with E-state index in [1.807, 2.05) is 26.2 Å². The van der Waals surface area contributed by atoms with Gasteiger partial charge in [0.15, 0.2) is 5.78 Å². The lowest BCUT2D eigenvalue weighted by Crippen LogP contribution is -2.23. The van der Waals surface area contributed by atoms with Crippen molar-refractivity contribution in [2.45, 2.75) is 25.3 Å². The zero-order chi connectivity index (χ0) is 17.4. The monoisotopic (exact) mass is 333 g/mol. The Morgan fingerprint density at radius 3 is 2.40 bits per heavy atom. The molecule has 0 saturated heterocycles. The number of rotatable bonds is 2. The third kappa shape index (κ3) is 2.88. The van der Waals surface area contributed by atoms with Crippen molar-refractivity contribution in [1.82, 2.24) is 0 Å². The SMILES string of the molecule is CN(C)c1ccc([C@@H]2Nc3ccccc3NC3=C2C(=O)CCC3)cc1. The van der Waals surface area contributed by atoms with E-state index >= 15 is 0 Å². The Morgan fingerprint density at radius 1 is 0.960 bits per heavy atom. The number of nitrogens with zero attached hydrogens (tertiary/aromatic N) is 1. The first kappa shape index (κ1) is 15.8. The van der Waals surface area contributed by atoms with Crippen molar-refractivity contribution in [3.8, 4) is 0 Å². The van der Waals surface area contributed by atoms with E-state index in [0.29, 0.717) is 6.42 Å². The molecule has 0 spiro atoms. The summed E-state index contributed by atoms with van der Waals surface area (Å²) in [6.45, 7) is 0. The van der Waals surface area contributed by atoms with Gasteiger partial charge in [-0.25, -0.2) is 0 Å². The number of hydrogen-bond acceptors (Lipinski definition) is 4. The van der Waals surface area contributed by atoms with Crippen LogP contribution in [0.5, 0.6) is 0 Å². The zero-order valence-electron chi connectivity index (χ0n) is 14.7. The van der Waals surface area contributed by atoms with E-state index in [4.69, 9.17) is 0 Å². The number of allylic oxidation sites excluding steroid dienone is 1. The third-order valence-corrected chi connectivity index (χ3v) is 5.00. The first-order valence-electron chi connectivity index (χ1n) is 8.79. The van der Waals surface area contributed by atoms with Gasteiger partial charge in [-0.2, -0.15) is 0 Å². The van der Waals surface area contributed by atoms with Gasteiger partial charge in [-0.05, 0) is 42.7 Å². The van der Waals surface area contributed by atoms with Crippen LogP contribution in [0, 0.1) is 0 Å². The summed E-state index contributed by atoms with van der Waals surface area (Å²) < 4.78 is 0. The van der Waals surface area contributed by atoms with Gasteiger partial charge >= 0.3 is 0 Å². The first-order chi connectivity index (χ1) is 12.1. The van der Waals surface area contributed by atoms with Gasteiger partial charge in [-0.15, -0.1) is 0 Å². The minimum atomic E-state index is -0.116. The fraction of sp³-hybridized carbons (Fsp3) is 0.286. The lowest BCUT2D eigenvalue weighted by atomic mass is 9.86. The second kappa shape index (κ2) is 6.28. The molecule has 1 atom stereocenters. The summed E-state index contributed by atoms with van der Waals surface area (Å²) in [5.41, 5.74) is 6.30. The highest BCUT2D eigenvalue weighted by atomic mass is 16.1. The number of ketones is 1. The predicted octanol–water partition coefficient (Wildman–Crippen LogP) is 4.34. The van der Waals surface area contributed by atoms with Gasteiger partial charge in [-0.3, -0.25) is 4.79 Å². The smallest absolute Gasteiger partial charge is 0.163 e. The molecule has 0 saturated carbocycles. The normalized spacial score (nSPS) is 19.3. The summed E-state index contributed by atoms with van der Waals surface area (Å²) >= 11 is 0. The molecule has 1 heterocycles. The van der Waals surface area contributed by atoms with Crippen molar-refractivity contribution in [3.05, 3.63) is 65.4 Å². The molecule has 0 bridgehead atoms. The molecule has 2 N–H and O–H groups in total. The molecule has 0 aromatic heterocycles. The summed E-state index contributed by atoms with van der Waals surface area (Å²) in [4.78, 5) is 14.8. The maximum atomic E-state index is 12.7. The Hall–Kier alpha value is -2.75. The molecule has 2 aromatic rings. The Kier molecular flexibility index (Phi) is 3.96. The largest absolute Gasteiger partial charge is 0.378 e. The average Bonchev–Trinajstić information content (AvgIpc) is 2.79. The second-order valence-electron chi connectivity index (χ2n) is 6.90. The highest BCUT2D eigenvalue weighted by Gasteiger charge is 2.31. The Labute approximate surface area is 148 Å². The van der Waals surface area contributed by atoms with Crippen LogP contribution >= 0.6 is 0 Å². The molecule has 0 amide bonds. The van der Waals surface area contributed by atoms with E-state index in [0.717, 1.165) is 46.7 Å². The molecule has 4 rings (SSSR count). The average molecular weight is 333 g/mol. The van der Waals surface area contributed by atoms with Gasteiger partial charge in [0.1, 0.15) is 0 Å². The molecule has 2 aliphatic rings. The quantitative estimate of drug-likeness (QED) is 0.858. The molecular formula is C21H23N3O. The van der Waals surface area contributed by atoms with Crippen LogP contribution in [0.15, 0.2) is 59.8 Å². The Bertz CT molecular complexity index is 836. The maximum Gasteiger partial charge on any atom is 0.163 e. The third-order valence-electron chi connectivity index (χ3n) is 5.00. The molecule has 0 radical (unpaired) electrons. The fourth-order valence-electron chi connectivity index (χ4n) is 3.65. The number of Topliss-reactive ketones (excluding diaryl/α,β-unsaturated/α-hetero) is 1. The minimum absolute atomic E-state index is 0.116. The molecule has 1 aliphatic carbocycles. The van der Waals surface area contributed by atoms with E-state index in [9.17, 15) is 4.79 Å². The summed E-state index contributed by atoms with van der Waals surface area (Å²) in [6, 6.07) is 16.5. The Morgan fingerprint density at radius 2 is 1.68 bits per heavy atom. The Balaban J connectivity index is 1.81. The standard InChI is InChI=1S/C21H23N3O/c1-24(2)15-12-10-14(11-13-15)21-20-18(8-5-9-19(20)25)22-16-6-3-4-7-17(16)23-21/h3-4,6-7,10-13,21-23H,5,8-9H2,1-2H3/t21-/m0/s1. The van der Waals surface area contributed by atoms with E-state index in [1.165, 1.54) is 0 Å². The molecule has 25 heavy (non-hydrogen) atoms. The molecule has 128 valence electrons. The van der Waals surface area contributed by atoms with Crippen LogP contribution < -0.4 is 15.5 Å². The zero-order valence-corrected chi connectivity index (χ0v) is 14.7. The number of anilines is 3. The topological polar surface area (TPSA) is 44.4 Å². The van der Waals surface area contributed by atoms with Crippen LogP contribution in [0.3, 0.4) is 0 Å². The lowest BCUT2D eigenvalue weighted by Gasteiger charge is -2.26. The van der Waals surface area contributed by atoms with Crippen LogP contribution in [0.1, 0.15) is 30.9 Å². The summed E-state index contributed by atoms with van der Waals surface area (Å²) in [6.07, 6.45) is 2.47. The van der Waals surface area contributed by atoms with Gasteiger partial charge in [0.05, 0.1) is 17.4 Å². The van der Waals surface area contributed by atoms with Crippen LogP contribution in [-0.2, 0) is 4.79 Å². The van der Waals surface area contributed by atoms with Crippen LogP contribution in [-0.4, -0.2) is 19.9 Å². The van der Waals surface area contributed by atoms with Gasteiger partial charge in [0.25, 0.3) is 0 Å². The number of para-hydroxylation sites is 2. The number of benzene rings is 2. The molecule has 4 heteroatoms. The number of nitrogens with one attached hydrogen (secondary N) is 2. The summed E-state index contributed by atoms with van der Waals surface area (Å²) in [5.74, 6) is 0.246. The van der Waals surface area contributed by atoms with Crippen LogP contribution in [0.4, 0.5) is 17.1 Å². The summed E-state index contributed by atoms with van der Waals surface area (Å²) in [5, 5.41) is 7.11. The van der Waals surface area contributed by atoms with E-state index in [1.54, 1.807) is 0 Å². The second-order valence-corrected chi connectivity index (χ2v) is 6.90. The van der Waals surface area contributed by atoms with Crippen molar-refractivity contribution in [2.75, 3.05) is 29.6 Å². The first-order valence-corrected chi connectivity index (χ1v) is 8.79. The van der Waals surface area contributed by atoms with Crippen molar-refractivity contribution < 1.29 is 4.79 Å². The fourth-order valence-corrected chi connectivity index (χ4v) is 3.65. The lowest BCUT2D eigenvalue weighted by molar-refractivity contribution is -0.116. The molecule has 1 aliphatic heterocycles. The van der Waals surface area contributed by atoms with Gasteiger partial charge in [0.2, 0.25) is 0 Å². The summed E-state index contributed by atoms with van der Waals surface area (Å²) in [7, 11) is 4.06. The van der Waals surface area contributed by atoms with E-state index < -0.39 is 0 Å². The molecule has 0 fully saturated rings. The van der Waals surface area contributed by atoms with Gasteiger partial charge in [-0.1, -0.05) is 24.3 Å². The highest BCUT2D eigenvalue weighted by Crippen LogP contribution is 2.40. The van der Waals surface area contributed by atoms with E-state index in [2.05, 4.69) is 51.9 Å². The van der Waals surface area contributed by atoms with Gasteiger partial charge < -0.3 is 15.5 Å². The molecule has 0 unspecified atom stereocenters. The predicted molar refractivity (Wildman–Crippen MR) is 103 cm³/mol. The number of carbonyl (C=O) groups is 1. The van der Waals surface area contributed by atoms with Gasteiger partial charge in [0, 0.05) is 37.5 Å². The van der Waals surface area contributed by atoms with Crippen LogP contribution in [0.2, 0.25) is 0 Å². The van der Waals surface area contributed by atoms with Crippen molar-refractivity contribution in [3.63, 3.8) is 0 Å². The van der Waals surface area contributed by atoms with Crippen LogP contribution in [0.25, 0.3) is 0 Å². The highest BCUT2D eigenvalue weighted by molar-refractivity contribution is 6.00. The molecule has 4 nitrogen and oxygen atoms in total. The molecular weight excluding hydrogens is 310 g/mol.